The summed E-state index contributed by atoms with van der Waals surface area (Å²) in [5.74, 6) is -0.195. The van der Waals surface area contributed by atoms with Gasteiger partial charge in [0.05, 0.1) is 5.76 Å². The van der Waals surface area contributed by atoms with Gasteiger partial charge >= 0.3 is 6.11 Å². The Morgan fingerprint density at radius 2 is 1.62 bits per heavy atom. The standard InChI is InChI=1S/C21H20F2O/c1-16-15-19(18-12-6-3-7-13-18)20(21(22,23)24-16)14-8-11-17-9-4-2-5-10-17/h2-7,9-10,12-15,19H,8,11H2,1H3/b20-14+. The molecule has 0 amide bonds. The minimum absolute atomic E-state index is 0.0234. The van der Waals surface area contributed by atoms with Gasteiger partial charge in [0, 0.05) is 11.5 Å². The molecule has 0 aromatic heterocycles. The zero-order valence-corrected chi connectivity index (χ0v) is 13.6. The lowest BCUT2D eigenvalue weighted by molar-refractivity contribution is -0.189. The maximum atomic E-state index is 14.4. The van der Waals surface area contributed by atoms with Crippen LogP contribution in [0.25, 0.3) is 0 Å². The monoisotopic (exact) mass is 326 g/mol. The molecule has 1 nitrogen and oxygen atoms in total. The van der Waals surface area contributed by atoms with Crippen molar-refractivity contribution in [2.45, 2.75) is 31.8 Å². The second-order valence-corrected chi connectivity index (χ2v) is 5.97. The van der Waals surface area contributed by atoms with Crippen LogP contribution < -0.4 is 0 Å². The molecule has 0 N–H and O–H groups in total. The third kappa shape index (κ3) is 3.73. The van der Waals surface area contributed by atoms with E-state index in [1.807, 2.05) is 60.7 Å². The molecule has 0 fully saturated rings. The van der Waals surface area contributed by atoms with E-state index in [0.717, 1.165) is 17.5 Å². The van der Waals surface area contributed by atoms with E-state index in [2.05, 4.69) is 0 Å². The number of halogens is 2. The number of benzene rings is 2. The summed E-state index contributed by atoms with van der Waals surface area (Å²) in [4.78, 5) is 0. The molecule has 2 aromatic carbocycles. The predicted octanol–water partition coefficient (Wildman–Crippen LogP) is 5.86. The van der Waals surface area contributed by atoms with Gasteiger partial charge < -0.3 is 4.74 Å². The van der Waals surface area contributed by atoms with Crippen molar-refractivity contribution in [3.63, 3.8) is 0 Å². The molecule has 0 spiro atoms. The molecule has 1 aliphatic rings. The van der Waals surface area contributed by atoms with Crippen LogP contribution in [0, 0.1) is 0 Å². The van der Waals surface area contributed by atoms with Gasteiger partial charge in [-0.15, -0.1) is 0 Å². The molecule has 1 unspecified atom stereocenters. The van der Waals surface area contributed by atoms with Gasteiger partial charge in [0.2, 0.25) is 0 Å². The highest BCUT2D eigenvalue weighted by atomic mass is 19.3. The van der Waals surface area contributed by atoms with E-state index >= 15 is 0 Å². The summed E-state index contributed by atoms with van der Waals surface area (Å²) in [6.45, 7) is 1.57. The fourth-order valence-electron chi connectivity index (χ4n) is 3.02. The van der Waals surface area contributed by atoms with Crippen LogP contribution in [0.3, 0.4) is 0 Å². The number of hydrogen-bond donors (Lipinski definition) is 0. The molecular weight excluding hydrogens is 306 g/mol. The molecule has 1 aliphatic heterocycles. The Bertz CT molecular complexity index is 733. The Morgan fingerprint density at radius 3 is 2.29 bits per heavy atom. The van der Waals surface area contributed by atoms with Crippen LogP contribution in [-0.2, 0) is 11.2 Å². The summed E-state index contributed by atoms with van der Waals surface area (Å²) in [7, 11) is 0. The molecule has 0 saturated heterocycles. The van der Waals surface area contributed by atoms with Gasteiger partial charge in [-0.3, -0.25) is 0 Å². The molecule has 1 atom stereocenters. The first-order chi connectivity index (χ1) is 11.6. The van der Waals surface area contributed by atoms with Crippen LogP contribution in [-0.4, -0.2) is 6.11 Å². The number of aryl methyl sites for hydroxylation is 1. The van der Waals surface area contributed by atoms with Crippen molar-refractivity contribution in [1.82, 2.24) is 0 Å². The van der Waals surface area contributed by atoms with Crippen molar-refractivity contribution in [1.29, 1.82) is 0 Å². The van der Waals surface area contributed by atoms with Crippen molar-refractivity contribution in [3.8, 4) is 0 Å². The number of allylic oxidation sites excluding steroid dienone is 3. The lowest BCUT2D eigenvalue weighted by Crippen LogP contribution is -2.30. The molecule has 1 heterocycles. The third-order valence-electron chi connectivity index (χ3n) is 4.16. The highest BCUT2D eigenvalue weighted by Gasteiger charge is 2.44. The molecule has 0 radical (unpaired) electrons. The summed E-state index contributed by atoms with van der Waals surface area (Å²) in [5, 5.41) is 0. The topological polar surface area (TPSA) is 9.23 Å². The Hall–Kier alpha value is -2.42. The van der Waals surface area contributed by atoms with Crippen molar-refractivity contribution in [3.05, 3.63) is 95.3 Å². The number of ether oxygens (including phenoxy) is 1. The summed E-state index contributed by atoms with van der Waals surface area (Å²) in [6.07, 6.45) is 1.41. The van der Waals surface area contributed by atoms with Crippen LogP contribution in [0.4, 0.5) is 8.78 Å². The maximum absolute atomic E-state index is 14.4. The van der Waals surface area contributed by atoms with Crippen molar-refractivity contribution in [2.24, 2.45) is 0 Å². The molecule has 0 saturated carbocycles. The summed E-state index contributed by atoms with van der Waals surface area (Å²) in [5.41, 5.74) is 2.01. The van der Waals surface area contributed by atoms with Gasteiger partial charge in [-0.05, 0) is 37.0 Å². The molecule has 124 valence electrons. The van der Waals surface area contributed by atoms with Crippen LogP contribution in [0.1, 0.15) is 30.4 Å². The first-order valence-electron chi connectivity index (χ1n) is 8.11. The highest BCUT2D eigenvalue weighted by Crippen LogP contribution is 2.43. The number of rotatable bonds is 4. The summed E-state index contributed by atoms with van der Waals surface area (Å²) < 4.78 is 33.7. The Balaban J connectivity index is 1.87. The van der Waals surface area contributed by atoms with Crippen molar-refractivity contribution in [2.75, 3.05) is 0 Å². The van der Waals surface area contributed by atoms with Crippen molar-refractivity contribution >= 4 is 0 Å². The van der Waals surface area contributed by atoms with Gasteiger partial charge in [0.25, 0.3) is 0 Å². The minimum atomic E-state index is -3.27. The van der Waals surface area contributed by atoms with E-state index in [4.69, 9.17) is 4.74 Å². The van der Waals surface area contributed by atoms with Crippen LogP contribution in [0.15, 0.2) is 84.1 Å². The Labute approximate surface area is 141 Å². The zero-order chi connectivity index (χ0) is 17.0. The van der Waals surface area contributed by atoms with Gasteiger partial charge in [-0.25, -0.2) is 0 Å². The van der Waals surface area contributed by atoms with Gasteiger partial charge in [0.1, 0.15) is 0 Å². The average molecular weight is 326 g/mol. The first kappa shape index (κ1) is 16.4. The average Bonchev–Trinajstić information content (AvgIpc) is 2.57. The maximum Gasteiger partial charge on any atom is 0.423 e. The minimum Gasteiger partial charge on any atom is -0.434 e. The van der Waals surface area contributed by atoms with Gasteiger partial charge in [-0.2, -0.15) is 8.78 Å². The second-order valence-electron chi connectivity index (χ2n) is 5.97. The van der Waals surface area contributed by atoms with E-state index < -0.39 is 12.0 Å². The van der Waals surface area contributed by atoms with Crippen LogP contribution in [0.2, 0.25) is 0 Å². The van der Waals surface area contributed by atoms with Crippen LogP contribution in [0.5, 0.6) is 0 Å². The van der Waals surface area contributed by atoms with E-state index in [1.54, 1.807) is 19.1 Å². The lowest BCUT2D eigenvalue weighted by atomic mass is 9.87. The molecule has 2 aromatic rings. The zero-order valence-electron chi connectivity index (χ0n) is 13.6. The lowest BCUT2D eigenvalue weighted by Gasteiger charge is -2.31. The highest BCUT2D eigenvalue weighted by molar-refractivity contribution is 5.39. The molecule has 0 bridgehead atoms. The quantitative estimate of drug-likeness (QED) is 0.640. The second kappa shape index (κ2) is 7.00. The first-order valence-corrected chi connectivity index (χ1v) is 8.11. The summed E-state index contributed by atoms with van der Waals surface area (Å²) in [6, 6.07) is 19.3. The normalized spacial score (nSPS) is 21.2. The smallest absolute Gasteiger partial charge is 0.423 e. The third-order valence-corrected chi connectivity index (χ3v) is 4.16. The largest absolute Gasteiger partial charge is 0.434 e. The number of hydrogen-bond acceptors (Lipinski definition) is 1. The van der Waals surface area contributed by atoms with Gasteiger partial charge in [0.15, 0.2) is 0 Å². The fraction of sp³-hybridized carbons (Fsp3) is 0.238. The fourth-order valence-corrected chi connectivity index (χ4v) is 3.02. The predicted molar refractivity (Wildman–Crippen MR) is 91.8 cm³/mol. The Morgan fingerprint density at radius 1 is 1.00 bits per heavy atom. The Kier molecular flexibility index (Phi) is 4.79. The SMILES string of the molecule is CC1=CC(c2ccccc2)/C(=C\CCc2ccccc2)C(F)(F)O1. The summed E-state index contributed by atoms with van der Waals surface area (Å²) >= 11 is 0. The van der Waals surface area contributed by atoms with Crippen LogP contribution >= 0.6 is 0 Å². The molecule has 24 heavy (non-hydrogen) atoms. The van der Waals surface area contributed by atoms with Gasteiger partial charge in [-0.1, -0.05) is 66.7 Å². The van der Waals surface area contributed by atoms with E-state index in [0.29, 0.717) is 6.42 Å². The van der Waals surface area contributed by atoms with E-state index in [9.17, 15) is 8.78 Å². The molecule has 3 rings (SSSR count). The molecule has 0 aliphatic carbocycles. The molecular formula is C21H20F2O. The number of alkyl halides is 2. The molecule has 3 heteroatoms. The van der Waals surface area contributed by atoms with E-state index in [1.165, 1.54) is 0 Å². The van der Waals surface area contributed by atoms with E-state index in [-0.39, 0.29) is 11.3 Å². The van der Waals surface area contributed by atoms with Crippen molar-refractivity contribution < 1.29 is 13.5 Å².